The Kier molecular flexibility index (Phi) is 5.03. The first-order valence-electron chi connectivity index (χ1n) is 8.63. The predicted molar refractivity (Wildman–Crippen MR) is 106 cm³/mol. The summed E-state index contributed by atoms with van der Waals surface area (Å²) in [4.78, 5) is 12.1. The number of carbonyl (C=O) groups excluding carboxylic acids is 1. The second kappa shape index (κ2) is 7.40. The number of nitrogens with one attached hydrogen (secondary N) is 1. The number of rotatable bonds is 4. The van der Waals surface area contributed by atoms with Crippen LogP contribution in [0.4, 0.5) is 0 Å². The van der Waals surface area contributed by atoms with Crippen LogP contribution in [0.2, 0.25) is 0 Å². The summed E-state index contributed by atoms with van der Waals surface area (Å²) in [6.07, 6.45) is 1.70. The molecule has 4 heteroatoms. The molecule has 0 aliphatic rings. The molecule has 1 amide bonds. The van der Waals surface area contributed by atoms with Gasteiger partial charge in [0.2, 0.25) is 0 Å². The molecule has 0 aliphatic heterocycles. The van der Waals surface area contributed by atoms with Crippen molar-refractivity contribution in [1.82, 2.24) is 9.99 Å². The van der Waals surface area contributed by atoms with Crippen LogP contribution in [-0.2, 0) is 0 Å². The van der Waals surface area contributed by atoms with Crippen LogP contribution in [-0.4, -0.2) is 16.7 Å². The van der Waals surface area contributed by atoms with E-state index in [0.717, 1.165) is 17.0 Å². The van der Waals surface area contributed by atoms with Crippen molar-refractivity contribution in [3.8, 4) is 5.69 Å². The molecule has 0 saturated heterocycles. The lowest BCUT2D eigenvalue weighted by molar-refractivity contribution is 0.0955. The van der Waals surface area contributed by atoms with Gasteiger partial charge in [0.25, 0.3) is 5.91 Å². The monoisotopic (exact) mass is 345 g/mol. The Labute approximate surface area is 154 Å². The molecule has 0 aliphatic carbocycles. The average Bonchev–Trinajstić information content (AvgIpc) is 2.90. The zero-order valence-corrected chi connectivity index (χ0v) is 15.6. The van der Waals surface area contributed by atoms with Gasteiger partial charge in [0, 0.05) is 22.5 Å². The van der Waals surface area contributed by atoms with Gasteiger partial charge in [-0.25, -0.2) is 5.43 Å². The van der Waals surface area contributed by atoms with Crippen LogP contribution >= 0.6 is 0 Å². The van der Waals surface area contributed by atoms with E-state index < -0.39 is 0 Å². The minimum atomic E-state index is -0.217. The van der Waals surface area contributed by atoms with Gasteiger partial charge in [-0.15, -0.1) is 0 Å². The zero-order chi connectivity index (χ0) is 18.7. The Bertz CT molecular complexity index is 948. The third-order valence-electron chi connectivity index (χ3n) is 4.54. The van der Waals surface area contributed by atoms with Crippen molar-refractivity contribution in [1.29, 1.82) is 0 Å². The Morgan fingerprint density at radius 1 is 0.962 bits per heavy atom. The van der Waals surface area contributed by atoms with Gasteiger partial charge in [-0.1, -0.05) is 36.4 Å². The first kappa shape index (κ1) is 17.7. The van der Waals surface area contributed by atoms with Gasteiger partial charge in [-0.2, -0.15) is 5.10 Å². The Morgan fingerprint density at radius 3 is 2.27 bits per heavy atom. The summed E-state index contributed by atoms with van der Waals surface area (Å²) in [7, 11) is 0. The molecule has 0 fully saturated rings. The second-order valence-corrected chi connectivity index (χ2v) is 6.47. The quantitative estimate of drug-likeness (QED) is 0.550. The van der Waals surface area contributed by atoms with Crippen molar-refractivity contribution in [2.24, 2.45) is 5.10 Å². The summed E-state index contributed by atoms with van der Waals surface area (Å²) in [6.45, 7) is 8.39. The van der Waals surface area contributed by atoms with Crippen LogP contribution < -0.4 is 5.43 Å². The van der Waals surface area contributed by atoms with Gasteiger partial charge < -0.3 is 4.57 Å². The lowest BCUT2D eigenvalue weighted by Crippen LogP contribution is -2.17. The molecule has 0 radical (unpaired) electrons. The molecule has 3 aromatic rings. The summed E-state index contributed by atoms with van der Waals surface area (Å²) in [6, 6.07) is 17.5. The number of nitrogens with zero attached hydrogens (tertiary/aromatic N) is 2. The highest BCUT2D eigenvalue weighted by Gasteiger charge is 2.13. The Morgan fingerprint density at radius 2 is 1.62 bits per heavy atom. The van der Waals surface area contributed by atoms with Crippen molar-refractivity contribution in [3.05, 3.63) is 88.2 Å². The number of aryl methyl sites for hydroxylation is 3. The van der Waals surface area contributed by atoms with Crippen molar-refractivity contribution >= 4 is 12.1 Å². The van der Waals surface area contributed by atoms with Gasteiger partial charge in [0.05, 0.1) is 11.9 Å². The topological polar surface area (TPSA) is 46.4 Å². The molecule has 1 heterocycles. The van der Waals surface area contributed by atoms with E-state index in [4.69, 9.17) is 0 Å². The lowest BCUT2D eigenvalue weighted by atomic mass is 10.1. The maximum Gasteiger partial charge on any atom is 0.271 e. The summed E-state index contributed by atoms with van der Waals surface area (Å²) < 4.78 is 2.24. The molecule has 132 valence electrons. The smallest absolute Gasteiger partial charge is 0.271 e. The highest BCUT2D eigenvalue weighted by atomic mass is 16.2. The third kappa shape index (κ3) is 3.45. The average molecular weight is 345 g/mol. The van der Waals surface area contributed by atoms with E-state index in [0.29, 0.717) is 5.56 Å². The molecule has 26 heavy (non-hydrogen) atoms. The van der Waals surface area contributed by atoms with Crippen LogP contribution in [0.25, 0.3) is 5.69 Å². The molecule has 1 N–H and O–H groups in total. The van der Waals surface area contributed by atoms with Gasteiger partial charge in [0.1, 0.15) is 0 Å². The number of carbonyl (C=O) groups is 1. The summed E-state index contributed by atoms with van der Waals surface area (Å²) in [5, 5.41) is 4.13. The van der Waals surface area contributed by atoms with E-state index in [1.54, 1.807) is 18.3 Å². The van der Waals surface area contributed by atoms with Crippen LogP contribution in [0.15, 0.2) is 59.7 Å². The van der Waals surface area contributed by atoms with Crippen molar-refractivity contribution in [3.63, 3.8) is 0 Å². The minimum Gasteiger partial charge on any atom is -0.317 e. The second-order valence-electron chi connectivity index (χ2n) is 6.47. The molecule has 1 aromatic heterocycles. The van der Waals surface area contributed by atoms with Gasteiger partial charge in [0.15, 0.2) is 0 Å². The number of hydrogen-bond acceptors (Lipinski definition) is 2. The van der Waals surface area contributed by atoms with Gasteiger partial charge >= 0.3 is 0 Å². The van der Waals surface area contributed by atoms with E-state index in [2.05, 4.69) is 67.1 Å². The number of aromatic nitrogens is 1. The molecule has 2 aromatic carbocycles. The first-order valence-corrected chi connectivity index (χ1v) is 8.63. The Balaban J connectivity index is 1.86. The molecule has 0 spiro atoms. The van der Waals surface area contributed by atoms with Gasteiger partial charge in [-0.3, -0.25) is 4.79 Å². The SMILES string of the molecule is Cc1cccc(C)c1-n1c(C)cc(/C=N/NC(=O)c2ccccc2)c1C. The van der Waals surface area contributed by atoms with E-state index in [1.807, 2.05) is 18.2 Å². The fourth-order valence-electron chi connectivity index (χ4n) is 3.24. The maximum atomic E-state index is 12.1. The van der Waals surface area contributed by atoms with Crippen molar-refractivity contribution in [2.75, 3.05) is 0 Å². The molecule has 0 unspecified atom stereocenters. The molecule has 0 atom stereocenters. The maximum absolute atomic E-state index is 12.1. The summed E-state index contributed by atoms with van der Waals surface area (Å²) in [5.41, 5.74) is 10.1. The molecule has 4 nitrogen and oxygen atoms in total. The van der Waals surface area contributed by atoms with Crippen LogP contribution in [0.1, 0.15) is 38.4 Å². The van der Waals surface area contributed by atoms with Crippen molar-refractivity contribution < 1.29 is 4.79 Å². The largest absolute Gasteiger partial charge is 0.317 e. The minimum absolute atomic E-state index is 0.217. The number of para-hydroxylation sites is 1. The fraction of sp³-hybridized carbons (Fsp3) is 0.182. The van der Waals surface area contributed by atoms with E-state index >= 15 is 0 Å². The molecular formula is C22H23N3O. The van der Waals surface area contributed by atoms with E-state index in [9.17, 15) is 4.79 Å². The molecule has 0 saturated carbocycles. The molecule has 0 bridgehead atoms. The molecular weight excluding hydrogens is 322 g/mol. The highest BCUT2D eigenvalue weighted by Crippen LogP contribution is 2.25. The molecule has 3 rings (SSSR count). The fourth-order valence-corrected chi connectivity index (χ4v) is 3.24. The number of hydrogen-bond donors (Lipinski definition) is 1. The number of hydrazone groups is 1. The predicted octanol–water partition coefficient (Wildman–Crippen LogP) is 4.47. The van der Waals surface area contributed by atoms with Crippen LogP contribution in [0, 0.1) is 27.7 Å². The van der Waals surface area contributed by atoms with E-state index in [-0.39, 0.29) is 5.91 Å². The van der Waals surface area contributed by atoms with Crippen LogP contribution in [0.3, 0.4) is 0 Å². The summed E-state index contributed by atoms with van der Waals surface area (Å²) >= 11 is 0. The standard InChI is InChI=1S/C22H23N3O/c1-15-9-8-10-16(2)21(15)25-17(3)13-20(18(25)4)14-23-24-22(26)19-11-6-5-7-12-19/h5-14H,1-4H3,(H,24,26)/b23-14+. The summed E-state index contributed by atoms with van der Waals surface area (Å²) in [5.74, 6) is -0.217. The van der Waals surface area contributed by atoms with E-state index in [1.165, 1.54) is 16.8 Å². The highest BCUT2D eigenvalue weighted by molar-refractivity contribution is 5.94. The number of benzene rings is 2. The zero-order valence-electron chi connectivity index (χ0n) is 15.6. The van der Waals surface area contributed by atoms with Gasteiger partial charge in [-0.05, 0) is 57.0 Å². The lowest BCUT2D eigenvalue weighted by Gasteiger charge is -2.15. The van der Waals surface area contributed by atoms with Crippen molar-refractivity contribution in [2.45, 2.75) is 27.7 Å². The Hall–Kier alpha value is -3.14. The van der Waals surface area contributed by atoms with Crippen LogP contribution in [0.5, 0.6) is 0 Å². The third-order valence-corrected chi connectivity index (χ3v) is 4.54. The normalized spacial score (nSPS) is 11.1. The number of amides is 1. The first-order chi connectivity index (χ1) is 12.5.